The molecule has 0 saturated heterocycles. The van der Waals surface area contributed by atoms with Crippen LogP contribution in [0.1, 0.15) is 11.1 Å². The molecule has 0 unspecified atom stereocenters. The Kier molecular flexibility index (Phi) is 9.70. The monoisotopic (exact) mass is 488 g/mol. The number of carbonyl (C=O) groups excluding carboxylic acids is 1. The van der Waals surface area contributed by atoms with Gasteiger partial charge in [0.05, 0.1) is 13.1 Å². The van der Waals surface area contributed by atoms with Crippen LogP contribution in [0, 0.1) is 11.6 Å². The lowest BCUT2D eigenvalue weighted by Gasteiger charge is -2.15. The van der Waals surface area contributed by atoms with Crippen LogP contribution in [0.15, 0.2) is 53.5 Å². The summed E-state index contributed by atoms with van der Waals surface area (Å²) in [5.41, 5.74) is 1.17. The number of nitrogens with one attached hydrogen (secondary N) is 2. The number of likely N-dealkylation sites (N-methyl/N-ethyl adjacent to an activating group) is 1. The molecule has 0 heterocycles. The Hall–Kier alpha value is -2.23. The van der Waals surface area contributed by atoms with Crippen molar-refractivity contribution in [3.63, 3.8) is 0 Å². The third-order valence-corrected chi connectivity index (χ3v) is 3.62. The third kappa shape index (κ3) is 7.90. The van der Waals surface area contributed by atoms with Crippen molar-refractivity contribution in [1.82, 2.24) is 15.5 Å². The van der Waals surface area contributed by atoms with Gasteiger partial charge in [0.1, 0.15) is 11.6 Å². The van der Waals surface area contributed by atoms with E-state index in [1.54, 1.807) is 14.1 Å². The van der Waals surface area contributed by atoms with Crippen LogP contribution < -0.4 is 10.6 Å². The van der Waals surface area contributed by atoms with Gasteiger partial charge in [-0.05, 0) is 23.8 Å². The summed E-state index contributed by atoms with van der Waals surface area (Å²) in [6, 6.07) is 12.9. The second-order valence-electron chi connectivity index (χ2n) is 5.88. The lowest BCUT2D eigenvalue weighted by Crippen LogP contribution is -2.42. The highest BCUT2D eigenvalue weighted by Gasteiger charge is 2.08. The Morgan fingerprint density at radius 3 is 2.44 bits per heavy atom. The molecule has 5 nitrogen and oxygen atoms in total. The van der Waals surface area contributed by atoms with Crippen LogP contribution >= 0.6 is 24.0 Å². The van der Waals surface area contributed by atoms with Crippen molar-refractivity contribution >= 4 is 35.8 Å². The van der Waals surface area contributed by atoms with Crippen LogP contribution in [0.3, 0.4) is 0 Å². The van der Waals surface area contributed by atoms with Gasteiger partial charge in [0, 0.05) is 26.2 Å². The van der Waals surface area contributed by atoms with Gasteiger partial charge in [-0.25, -0.2) is 13.8 Å². The van der Waals surface area contributed by atoms with E-state index in [0.29, 0.717) is 12.5 Å². The summed E-state index contributed by atoms with van der Waals surface area (Å²) in [4.78, 5) is 17.6. The normalized spacial score (nSPS) is 10.7. The molecular formula is C19H23F2IN4O. The quantitative estimate of drug-likeness (QED) is 0.374. The van der Waals surface area contributed by atoms with Crippen LogP contribution in [-0.2, 0) is 17.9 Å². The van der Waals surface area contributed by atoms with E-state index in [2.05, 4.69) is 15.6 Å². The predicted octanol–water partition coefficient (Wildman–Crippen LogP) is 2.91. The lowest BCUT2D eigenvalue weighted by molar-refractivity contribution is -0.127. The van der Waals surface area contributed by atoms with Crippen molar-refractivity contribution in [1.29, 1.82) is 0 Å². The summed E-state index contributed by atoms with van der Waals surface area (Å²) < 4.78 is 27.1. The van der Waals surface area contributed by atoms with Crippen molar-refractivity contribution in [2.24, 2.45) is 4.99 Å². The highest BCUT2D eigenvalue weighted by atomic mass is 127. The van der Waals surface area contributed by atoms with E-state index in [-0.39, 0.29) is 48.5 Å². The highest BCUT2D eigenvalue weighted by Crippen LogP contribution is 2.09. The van der Waals surface area contributed by atoms with Crippen LogP contribution in [0.2, 0.25) is 0 Å². The van der Waals surface area contributed by atoms with E-state index in [4.69, 9.17) is 0 Å². The lowest BCUT2D eigenvalue weighted by atomic mass is 10.2. The molecule has 0 atom stereocenters. The summed E-state index contributed by atoms with van der Waals surface area (Å²) >= 11 is 0. The Balaban J connectivity index is 0.00000364. The molecule has 0 aliphatic heterocycles. The number of hydrogen-bond acceptors (Lipinski definition) is 2. The molecule has 8 heteroatoms. The smallest absolute Gasteiger partial charge is 0.241 e. The average molecular weight is 488 g/mol. The van der Waals surface area contributed by atoms with Crippen LogP contribution in [-0.4, -0.2) is 37.4 Å². The molecule has 2 N–H and O–H groups in total. The highest BCUT2D eigenvalue weighted by molar-refractivity contribution is 14.0. The van der Waals surface area contributed by atoms with Crippen LogP contribution in [0.4, 0.5) is 8.78 Å². The molecule has 0 aromatic heterocycles. The number of benzene rings is 2. The number of carbonyl (C=O) groups is 1. The number of rotatable bonds is 6. The van der Waals surface area contributed by atoms with Gasteiger partial charge in [0.25, 0.3) is 0 Å². The molecule has 0 bridgehead atoms. The minimum Gasteiger partial charge on any atom is -0.352 e. The van der Waals surface area contributed by atoms with E-state index in [9.17, 15) is 13.6 Å². The van der Waals surface area contributed by atoms with Gasteiger partial charge < -0.3 is 15.5 Å². The fourth-order valence-corrected chi connectivity index (χ4v) is 2.10. The maximum Gasteiger partial charge on any atom is 0.241 e. The number of amides is 1. The summed E-state index contributed by atoms with van der Waals surface area (Å²) in [7, 11) is 3.31. The Morgan fingerprint density at radius 1 is 1.07 bits per heavy atom. The first kappa shape index (κ1) is 22.8. The van der Waals surface area contributed by atoms with Crippen molar-refractivity contribution in [3.05, 3.63) is 71.3 Å². The summed E-state index contributed by atoms with van der Waals surface area (Å²) in [6.07, 6.45) is 0. The van der Waals surface area contributed by atoms with Gasteiger partial charge in [-0.2, -0.15) is 0 Å². The SMILES string of the molecule is CN(C)C(=O)CNC(=NCc1ccccc1)NCc1cc(F)ccc1F.I. The zero-order valence-electron chi connectivity index (χ0n) is 15.2. The van der Waals surface area contributed by atoms with Crippen LogP contribution in [0.25, 0.3) is 0 Å². The maximum atomic E-state index is 13.8. The summed E-state index contributed by atoms with van der Waals surface area (Å²) in [5.74, 6) is -0.809. The van der Waals surface area contributed by atoms with E-state index >= 15 is 0 Å². The second kappa shape index (κ2) is 11.5. The van der Waals surface area contributed by atoms with Crippen molar-refractivity contribution < 1.29 is 13.6 Å². The number of guanidine groups is 1. The molecule has 27 heavy (non-hydrogen) atoms. The number of aliphatic imine (C=N–C) groups is 1. The van der Waals surface area contributed by atoms with E-state index in [0.717, 1.165) is 23.8 Å². The Morgan fingerprint density at radius 2 is 1.78 bits per heavy atom. The van der Waals surface area contributed by atoms with E-state index in [1.165, 1.54) is 4.90 Å². The van der Waals surface area contributed by atoms with Crippen molar-refractivity contribution in [2.75, 3.05) is 20.6 Å². The van der Waals surface area contributed by atoms with Gasteiger partial charge in [-0.15, -0.1) is 24.0 Å². The first-order chi connectivity index (χ1) is 12.5. The van der Waals surface area contributed by atoms with E-state index in [1.807, 2.05) is 30.3 Å². The molecule has 2 aromatic carbocycles. The zero-order valence-corrected chi connectivity index (χ0v) is 17.5. The van der Waals surface area contributed by atoms with Crippen molar-refractivity contribution in [3.8, 4) is 0 Å². The number of nitrogens with zero attached hydrogens (tertiary/aromatic N) is 2. The van der Waals surface area contributed by atoms with Gasteiger partial charge in [0.2, 0.25) is 5.91 Å². The topological polar surface area (TPSA) is 56.7 Å². The fourth-order valence-electron chi connectivity index (χ4n) is 2.10. The van der Waals surface area contributed by atoms with Crippen molar-refractivity contribution in [2.45, 2.75) is 13.1 Å². The molecule has 146 valence electrons. The first-order valence-electron chi connectivity index (χ1n) is 8.16. The minimum atomic E-state index is -0.512. The molecule has 0 fully saturated rings. The molecular weight excluding hydrogens is 465 g/mol. The first-order valence-corrected chi connectivity index (χ1v) is 8.16. The number of hydrogen-bond donors (Lipinski definition) is 2. The molecule has 0 saturated carbocycles. The summed E-state index contributed by atoms with van der Waals surface area (Å²) in [6.45, 7) is 0.470. The summed E-state index contributed by atoms with van der Waals surface area (Å²) in [5, 5.41) is 5.84. The molecule has 1 amide bonds. The zero-order chi connectivity index (χ0) is 18.9. The van der Waals surface area contributed by atoms with E-state index < -0.39 is 11.6 Å². The predicted molar refractivity (Wildman–Crippen MR) is 113 cm³/mol. The van der Waals surface area contributed by atoms with Crippen LogP contribution in [0.5, 0.6) is 0 Å². The molecule has 0 aliphatic carbocycles. The molecule has 2 aromatic rings. The maximum absolute atomic E-state index is 13.8. The average Bonchev–Trinajstić information content (AvgIpc) is 2.64. The second-order valence-corrected chi connectivity index (χ2v) is 5.88. The Bertz CT molecular complexity index is 770. The third-order valence-electron chi connectivity index (χ3n) is 3.62. The minimum absolute atomic E-state index is 0. The molecule has 0 spiro atoms. The van der Waals surface area contributed by atoms with Gasteiger partial charge in [0.15, 0.2) is 5.96 Å². The van der Waals surface area contributed by atoms with Gasteiger partial charge >= 0.3 is 0 Å². The largest absolute Gasteiger partial charge is 0.352 e. The Labute approximate surface area is 174 Å². The molecule has 2 rings (SSSR count). The van der Waals surface area contributed by atoms with Gasteiger partial charge in [-0.3, -0.25) is 4.79 Å². The number of halogens is 3. The van der Waals surface area contributed by atoms with Gasteiger partial charge in [-0.1, -0.05) is 30.3 Å². The fraction of sp³-hybridized carbons (Fsp3) is 0.263. The standard InChI is InChI=1S/C19H22F2N4O.HI/c1-25(2)18(26)13-24-19(22-11-14-6-4-3-5-7-14)23-12-15-10-16(20)8-9-17(15)21;/h3-10H,11-13H2,1-2H3,(H2,22,23,24);1H. The molecule has 0 radical (unpaired) electrons. The molecule has 0 aliphatic rings.